The third-order valence-corrected chi connectivity index (χ3v) is 2.99. The van der Waals surface area contributed by atoms with Crippen LogP contribution in [0.5, 0.6) is 0 Å². The van der Waals surface area contributed by atoms with Crippen molar-refractivity contribution in [2.75, 3.05) is 0 Å². The van der Waals surface area contributed by atoms with Crippen molar-refractivity contribution in [1.82, 2.24) is 4.98 Å². The second-order valence-corrected chi connectivity index (χ2v) is 4.58. The van der Waals surface area contributed by atoms with Crippen molar-refractivity contribution in [3.8, 4) is 0 Å². The van der Waals surface area contributed by atoms with Crippen molar-refractivity contribution >= 4 is 0 Å². The summed E-state index contributed by atoms with van der Waals surface area (Å²) in [6, 6.07) is 14.8. The molecule has 0 spiro atoms. The van der Waals surface area contributed by atoms with E-state index in [-0.39, 0.29) is 0 Å². The molecule has 0 saturated heterocycles. The lowest BCUT2D eigenvalue weighted by molar-refractivity contribution is 0.656. The van der Waals surface area contributed by atoms with Crippen LogP contribution in [0.4, 0.5) is 0 Å². The molecule has 0 N–H and O–H groups in total. The third kappa shape index (κ3) is 3.16. The summed E-state index contributed by atoms with van der Waals surface area (Å²) in [5.74, 6) is 2.04. The maximum Gasteiger partial charge on any atom is 0.0270 e. The highest BCUT2D eigenvalue weighted by atomic mass is 14.6. The van der Waals surface area contributed by atoms with Crippen LogP contribution in [0.25, 0.3) is 0 Å². The molecule has 2 rings (SSSR count). The second-order valence-electron chi connectivity index (χ2n) is 4.58. The zero-order chi connectivity index (χ0) is 12.1. The number of hydrogen-bond acceptors (Lipinski definition) is 1. The van der Waals surface area contributed by atoms with Crippen molar-refractivity contribution in [2.45, 2.75) is 20.3 Å². The van der Waals surface area contributed by atoms with Gasteiger partial charge in [0.2, 0.25) is 0 Å². The van der Waals surface area contributed by atoms with E-state index in [1.54, 1.807) is 0 Å². The number of benzene rings is 1. The molecule has 2 aromatic rings. The van der Waals surface area contributed by atoms with E-state index in [0.29, 0.717) is 5.92 Å². The minimum Gasteiger partial charge on any atom is -0.265 e. The van der Waals surface area contributed by atoms with Crippen LogP contribution in [-0.4, -0.2) is 4.98 Å². The van der Waals surface area contributed by atoms with Gasteiger partial charge in [-0.15, -0.1) is 0 Å². The van der Waals surface area contributed by atoms with E-state index in [1.807, 2.05) is 12.4 Å². The van der Waals surface area contributed by atoms with Gasteiger partial charge in [-0.05, 0) is 35.6 Å². The van der Waals surface area contributed by atoms with Gasteiger partial charge in [0.1, 0.15) is 0 Å². The van der Waals surface area contributed by atoms with Crippen molar-refractivity contribution in [2.24, 2.45) is 5.92 Å². The number of aromatic nitrogens is 1. The molecule has 0 fully saturated rings. The van der Waals surface area contributed by atoms with Gasteiger partial charge in [0.25, 0.3) is 0 Å². The largest absolute Gasteiger partial charge is 0.265 e. The first-order chi connectivity index (χ1) is 8.27. The van der Waals surface area contributed by atoms with Crippen LogP contribution >= 0.6 is 0 Å². The third-order valence-electron chi connectivity index (χ3n) is 2.99. The fourth-order valence-corrected chi connectivity index (χ4v) is 2.01. The summed E-state index contributed by atoms with van der Waals surface area (Å²) in [5, 5.41) is 0. The maximum absolute atomic E-state index is 4.06. The van der Waals surface area contributed by atoms with Crippen molar-refractivity contribution in [3.05, 3.63) is 71.9 Å². The van der Waals surface area contributed by atoms with Crippen LogP contribution in [-0.2, 0) is 6.42 Å². The molecule has 1 aromatic carbocycles. The highest BCUT2D eigenvalue weighted by molar-refractivity contribution is 5.34. The predicted octanol–water partition coefficient (Wildman–Crippen LogP) is 3.90. The molecule has 17 heavy (non-hydrogen) atoms. The molecule has 1 heterocycles. The van der Waals surface area contributed by atoms with Crippen molar-refractivity contribution < 1.29 is 0 Å². The number of hydrogen-bond donors (Lipinski definition) is 0. The first-order valence-corrected chi connectivity index (χ1v) is 6.07. The quantitative estimate of drug-likeness (QED) is 0.767. The summed E-state index contributed by atoms with van der Waals surface area (Å²) in [7, 11) is 0. The summed E-state index contributed by atoms with van der Waals surface area (Å²) in [5.41, 5.74) is 2.67. The Balaban J connectivity index is 2.20. The molecule has 1 nitrogen and oxygen atoms in total. The zero-order valence-electron chi connectivity index (χ0n) is 10.4. The van der Waals surface area contributed by atoms with Gasteiger partial charge in [0.05, 0.1) is 0 Å². The van der Waals surface area contributed by atoms with E-state index in [9.17, 15) is 0 Å². The minimum atomic E-state index is 0.561. The first kappa shape index (κ1) is 11.8. The van der Waals surface area contributed by atoms with E-state index in [2.05, 4.69) is 61.3 Å². The van der Waals surface area contributed by atoms with Crippen LogP contribution < -0.4 is 0 Å². The second kappa shape index (κ2) is 5.62. The predicted molar refractivity (Wildman–Crippen MR) is 71.6 cm³/mol. The SMILES string of the molecule is CC(C)[C](Cc1ccncc1)c1ccccc1. The van der Waals surface area contributed by atoms with Gasteiger partial charge in [-0.2, -0.15) is 0 Å². The molecular weight excluding hydrogens is 206 g/mol. The van der Waals surface area contributed by atoms with Gasteiger partial charge >= 0.3 is 0 Å². The fourth-order valence-electron chi connectivity index (χ4n) is 2.01. The summed E-state index contributed by atoms with van der Waals surface area (Å²) < 4.78 is 0. The number of rotatable bonds is 4. The van der Waals surface area contributed by atoms with Crippen LogP contribution in [0.3, 0.4) is 0 Å². The number of pyridine rings is 1. The summed E-state index contributed by atoms with van der Waals surface area (Å²) in [4.78, 5) is 4.06. The summed E-state index contributed by atoms with van der Waals surface area (Å²) in [6.45, 7) is 4.51. The summed E-state index contributed by atoms with van der Waals surface area (Å²) >= 11 is 0. The molecule has 0 aliphatic rings. The van der Waals surface area contributed by atoms with E-state index in [1.165, 1.54) is 17.0 Å². The summed E-state index contributed by atoms with van der Waals surface area (Å²) in [6.07, 6.45) is 4.72. The average Bonchev–Trinajstić information content (AvgIpc) is 2.38. The Kier molecular flexibility index (Phi) is 3.92. The smallest absolute Gasteiger partial charge is 0.0270 e. The van der Waals surface area contributed by atoms with Gasteiger partial charge in [0, 0.05) is 18.3 Å². The van der Waals surface area contributed by atoms with Crippen molar-refractivity contribution in [1.29, 1.82) is 0 Å². The molecule has 1 aromatic heterocycles. The average molecular weight is 224 g/mol. The topological polar surface area (TPSA) is 12.9 Å². The Morgan fingerprint density at radius 2 is 1.65 bits per heavy atom. The molecule has 0 aliphatic heterocycles. The first-order valence-electron chi connectivity index (χ1n) is 6.07. The Morgan fingerprint density at radius 1 is 1.00 bits per heavy atom. The standard InChI is InChI=1S/C16H18N/c1-13(2)16(15-6-4-3-5-7-15)12-14-8-10-17-11-9-14/h3-11,13H,12H2,1-2H3. The zero-order valence-corrected chi connectivity index (χ0v) is 10.4. The maximum atomic E-state index is 4.06. The van der Waals surface area contributed by atoms with Gasteiger partial charge in [-0.25, -0.2) is 0 Å². The molecular formula is C16H18N. The molecule has 0 aliphatic carbocycles. The normalized spacial score (nSPS) is 11.1. The Labute approximate surface area is 104 Å². The lowest BCUT2D eigenvalue weighted by atomic mass is 9.84. The van der Waals surface area contributed by atoms with E-state index >= 15 is 0 Å². The molecule has 87 valence electrons. The fraction of sp³-hybridized carbons (Fsp3) is 0.250. The van der Waals surface area contributed by atoms with Gasteiger partial charge in [-0.1, -0.05) is 44.2 Å². The Morgan fingerprint density at radius 3 is 2.24 bits per heavy atom. The molecule has 1 radical (unpaired) electrons. The minimum absolute atomic E-state index is 0.561. The van der Waals surface area contributed by atoms with Crippen LogP contribution in [0.1, 0.15) is 25.0 Å². The van der Waals surface area contributed by atoms with Gasteiger partial charge in [-0.3, -0.25) is 4.98 Å². The van der Waals surface area contributed by atoms with Crippen LogP contribution in [0.15, 0.2) is 54.9 Å². The van der Waals surface area contributed by atoms with E-state index in [0.717, 1.165) is 6.42 Å². The molecule has 0 unspecified atom stereocenters. The highest BCUT2D eigenvalue weighted by Crippen LogP contribution is 2.26. The van der Waals surface area contributed by atoms with Crippen LogP contribution in [0, 0.1) is 11.8 Å². The molecule has 1 heteroatoms. The van der Waals surface area contributed by atoms with Crippen LogP contribution in [0.2, 0.25) is 0 Å². The monoisotopic (exact) mass is 224 g/mol. The molecule has 0 bridgehead atoms. The molecule has 0 atom stereocenters. The van der Waals surface area contributed by atoms with E-state index < -0.39 is 0 Å². The number of nitrogens with zero attached hydrogens (tertiary/aromatic N) is 1. The Bertz CT molecular complexity index is 434. The van der Waals surface area contributed by atoms with Gasteiger partial charge < -0.3 is 0 Å². The Hall–Kier alpha value is -1.63. The highest BCUT2D eigenvalue weighted by Gasteiger charge is 2.16. The molecule has 0 amide bonds. The van der Waals surface area contributed by atoms with Gasteiger partial charge in [0.15, 0.2) is 0 Å². The lowest BCUT2D eigenvalue weighted by Crippen LogP contribution is -2.11. The van der Waals surface area contributed by atoms with E-state index in [4.69, 9.17) is 0 Å². The molecule has 0 saturated carbocycles. The van der Waals surface area contributed by atoms with Crippen molar-refractivity contribution in [3.63, 3.8) is 0 Å². The lowest BCUT2D eigenvalue weighted by Gasteiger charge is -2.20.